The lowest BCUT2D eigenvalue weighted by atomic mass is 10.1. The molecule has 0 saturated heterocycles. The summed E-state index contributed by atoms with van der Waals surface area (Å²) in [6.45, 7) is 4.87. The van der Waals surface area contributed by atoms with Crippen LogP contribution in [-0.2, 0) is 19.1 Å². The second kappa shape index (κ2) is 13.7. The predicted molar refractivity (Wildman–Crippen MR) is 70.1 cm³/mol. The van der Waals surface area contributed by atoms with Gasteiger partial charge in [0.05, 0.1) is 13.2 Å². The molecule has 104 valence electrons. The van der Waals surface area contributed by atoms with Crippen LogP contribution in [0, 0.1) is 0 Å². The van der Waals surface area contributed by atoms with Crippen molar-refractivity contribution < 1.29 is 19.1 Å². The molecule has 0 spiro atoms. The minimum Gasteiger partial charge on any atom is -0.468 e. The third-order valence-electron chi connectivity index (χ3n) is 2.64. The fraction of sp³-hybridized carbons (Fsp3) is 0.714. The van der Waals surface area contributed by atoms with Gasteiger partial charge in [-0.2, -0.15) is 0 Å². The zero-order valence-electron chi connectivity index (χ0n) is 11.1. The molecule has 0 aliphatic carbocycles. The number of unbranched alkanes of at least 4 members (excludes halogenated alkanes) is 7. The molecule has 4 nitrogen and oxygen atoms in total. The van der Waals surface area contributed by atoms with Crippen LogP contribution in [0.1, 0.15) is 51.4 Å². The van der Waals surface area contributed by atoms with Gasteiger partial charge in [0.1, 0.15) is 0 Å². The lowest BCUT2D eigenvalue weighted by molar-refractivity contribution is -0.137. The van der Waals surface area contributed by atoms with Crippen molar-refractivity contribution >= 4 is 12.4 Å². The Kier molecular flexibility index (Phi) is 12.7. The number of hydrogen-bond acceptors (Lipinski definition) is 4. The quantitative estimate of drug-likeness (QED) is 0.220. The highest BCUT2D eigenvalue weighted by Gasteiger charge is 1.95. The first-order chi connectivity index (χ1) is 8.81. The van der Waals surface area contributed by atoms with Gasteiger partial charge in [0.25, 0.3) is 6.47 Å². The van der Waals surface area contributed by atoms with Gasteiger partial charge < -0.3 is 9.47 Å². The van der Waals surface area contributed by atoms with E-state index in [1.807, 2.05) is 0 Å². The first kappa shape index (κ1) is 16.7. The molecule has 18 heavy (non-hydrogen) atoms. The van der Waals surface area contributed by atoms with Crippen LogP contribution >= 0.6 is 0 Å². The first-order valence-electron chi connectivity index (χ1n) is 6.65. The van der Waals surface area contributed by atoms with Crippen molar-refractivity contribution in [2.75, 3.05) is 13.2 Å². The lowest BCUT2D eigenvalue weighted by Gasteiger charge is -2.03. The summed E-state index contributed by atoms with van der Waals surface area (Å²) >= 11 is 0. The van der Waals surface area contributed by atoms with Crippen molar-refractivity contribution in [1.29, 1.82) is 0 Å². The van der Waals surface area contributed by atoms with Crippen molar-refractivity contribution in [3.63, 3.8) is 0 Å². The van der Waals surface area contributed by atoms with Gasteiger partial charge >= 0.3 is 5.97 Å². The summed E-state index contributed by atoms with van der Waals surface area (Å²) in [6, 6.07) is 0. The van der Waals surface area contributed by atoms with Gasteiger partial charge in [-0.25, -0.2) is 4.79 Å². The van der Waals surface area contributed by atoms with E-state index in [2.05, 4.69) is 11.3 Å². The van der Waals surface area contributed by atoms with Crippen LogP contribution in [0.15, 0.2) is 12.7 Å². The molecule has 0 rings (SSSR count). The Hall–Kier alpha value is -1.32. The molecule has 0 amide bonds. The van der Waals surface area contributed by atoms with Crippen LogP contribution in [-0.4, -0.2) is 25.7 Å². The Morgan fingerprint density at radius 3 is 1.89 bits per heavy atom. The molecule has 4 heteroatoms. The molecule has 0 aromatic heterocycles. The normalized spacial score (nSPS) is 9.78. The molecule has 0 aromatic carbocycles. The summed E-state index contributed by atoms with van der Waals surface area (Å²) < 4.78 is 9.48. The van der Waals surface area contributed by atoms with Gasteiger partial charge in [-0.1, -0.05) is 45.1 Å². The summed E-state index contributed by atoms with van der Waals surface area (Å²) in [6.07, 6.45) is 10.1. The van der Waals surface area contributed by atoms with E-state index in [0.29, 0.717) is 19.7 Å². The molecule has 0 unspecified atom stereocenters. The van der Waals surface area contributed by atoms with Crippen molar-refractivity contribution in [3.8, 4) is 0 Å². The standard InChI is InChI=1S/C14H24O4/c1-2-14(16)18-12-10-8-6-4-3-5-7-9-11-17-13-15/h2,13H,1,3-12H2. The molecule has 0 fully saturated rings. The molecule has 0 heterocycles. The molecular weight excluding hydrogens is 232 g/mol. The molecule has 0 aromatic rings. The van der Waals surface area contributed by atoms with Gasteiger partial charge in [-0.15, -0.1) is 0 Å². The molecule has 0 bridgehead atoms. The van der Waals surface area contributed by atoms with Crippen LogP contribution in [0.5, 0.6) is 0 Å². The highest BCUT2D eigenvalue weighted by molar-refractivity contribution is 5.81. The van der Waals surface area contributed by atoms with Gasteiger partial charge in [-0.3, -0.25) is 4.79 Å². The second-order valence-corrected chi connectivity index (χ2v) is 4.17. The van der Waals surface area contributed by atoms with E-state index in [4.69, 9.17) is 4.74 Å². The van der Waals surface area contributed by atoms with E-state index < -0.39 is 0 Å². The Morgan fingerprint density at radius 1 is 0.889 bits per heavy atom. The number of esters is 1. The first-order valence-corrected chi connectivity index (χ1v) is 6.65. The largest absolute Gasteiger partial charge is 0.468 e. The molecular formula is C14H24O4. The van der Waals surface area contributed by atoms with E-state index in [1.54, 1.807) is 0 Å². The third kappa shape index (κ3) is 12.7. The van der Waals surface area contributed by atoms with Crippen LogP contribution in [0.4, 0.5) is 0 Å². The minimum atomic E-state index is -0.340. The van der Waals surface area contributed by atoms with Crippen LogP contribution in [0.3, 0.4) is 0 Å². The van der Waals surface area contributed by atoms with E-state index >= 15 is 0 Å². The van der Waals surface area contributed by atoms with Crippen molar-refractivity contribution in [2.24, 2.45) is 0 Å². The molecule has 0 radical (unpaired) electrons. The topological polar surface area (TPSA) is 52.6 Å². The number of carbonyl (C=O) groups is 2. The van der Waals surface area contributed by atoms with Crippen molar-refractivity contribution in [2.45, 2.75) is 51.4 Å². The molecule has 0 aliphatic rings. The summed E-state index contributed by atoms with van der Waals surface area (Å²) in [5.74, 6) is -0.340. The van der Waals surface area contributed by atoms with Gasteiger partial charge in [0.2, 0.25) is 0 Å². The van der Waals surface area contributed by atoms with E-state index in [9.17, 15) is 9.59 Å². The summed E-state index contributed by atoms with van der Waals surface area (Å²) in [5, 5.41) is 0. The number of rotatable bonds is 13. The minimum absolute atomic E-state index is 0.340. The molecule has 0 saturated carbocycles. The summed E-state index contributed by atoms with van der Waals surface area (Å²) in [7, 11) is 0. The van der Waals surface area contributed by atoms with E-state index in [1.165, 1.54) is 31.8 Å². The maximum atomic E-state index is 10.7. The Labute approximate surface area is 109 Å². The average Bonchev–Trinajstić information content (AvgIpc) is 2.39. The monoisotopic (exact) mass is 256 g/mol. The number of ether oxygens (including phenoxy) is 2. The maximum absolute atomic E-state index is 10.7. The lowest BCUT2D eigenvalue weighted by Crippen LogP contribution is -2.01. The van der Waals surface area contributed by atoms with Crippen molar-refractivity contribution in [1.82, 2.24) is 0 Å². The maximum Gasteiger partial charge on any atom is 0.330 e. The van der Waals surface area contributed by atoms with E-state index in [0.717, 1.165) is 25.7 Å². The van der Waals surface area contributed by atoms with E-state index in [-0.39, 0.29) is 5.97 Å². The summed E-state index contributed by atoms with van der Waals surface area (Å²) in [5.41, 5.74) is 0. The van der Waals surface area contributed by atoms with Gasteiger partial charge in [0.15, 0.2) is 0 Å². The smallest absolute Gasteiger partial charge is 0.330 e. The number of carbonyl (C=O) groups excluding carboxylic acids is 2. The highest BCUT2D eigenvalue weighted by Crippen LogP contribution is 2.08. The van der Waals surface area contributed by atoms with Crippen LogP contribution in [0.25, 0.3) is 0 Å². The molecule has 0 aliphatic heterocycles. The van der Waals surface area contributed by atoms with Crippen molar-refractivity contribution in [3.05, 3.63) is 12.7 Å². The van der Waals surface area contributed by atoms with Gasteiger partial charge in [-0.05, 0) is 12.8 Å². The fourth-order valence-corrected chi connectivity index (χ4v) is 1.63. The SMILES string of the molecule is C=CC(=O)OCCCCCCCCCCOC=O. The Balaban J connectivity index is 3.00. The zero-order chi connectivity index (χ0) is 13.5. The molecule has 0 atom stereocenters. The third-order valence-corrected chi connectivity index (χ3v) is 2.64. The number of hydrogen-bond donors (Lipinski definition) is 0. The second-order valence-electron chi connectivity index (χ2n) is 4.17. The van der Waals surface area contributed by atoms with Crippen LogP contribution < -0.4 is 0 Å². The van der Waals surface area contributed by atoms with Gasteiger partial charge in [0, 0.05) is 6.08 Å². The fourth-order valence-electron chi connectivity index (χ4n) is 1.63. The molecule has 0 N–H and O–H groups in total. The highest BCUT2D eigenvalue weighted by atomic mass is 16.5. The zero-order valence-corrected chi connectivity index (χ0v) is 11.1. The average molecular weight is 256 g/mol. The predicted octanol–water partition coefficient (Wildman–Crippen LogP) is 3.01. The Bertz CT molecular complexity index is 226. The summed E-state index contributed by atoms with van der Waals surface area (Å²) in [4.78, 5) is 20.6. The van der Waals surface area contributed by atoms with Crippen LogP contribution in [0.2, 0.25) is 0 Å². The Morgan fingerprint density at radius 2 is 1.39 bits per heavy atom.